The number of amides is 1. The number of nitrogens with two attached hydrogens (primary N) is 1. The number of rotatable bonds is 3. The Bertz CT molecular complexity index is 885. The molecule has 0 atom stereocenters. The van der Waals surface area contributed by atoms with E-state index in [1.54, 1.807) is 0 Å². The van der Waals surface area contributed by atoms with Crippen molar-refractivity contribution >= 4 is 33.2 Å². The van der Waals surface area contributed by atoms with Crippen LogP contribution in [0.5, 0.6) is 5.75 Å². The van der Waals surface area contributed by atoms with Crippen LogP contribution in [-0.2, 0) is 14.1 Å². The molecule has 22 heavy (non-hydrogen) atoms. The molecule has 0 aliphatic heterocycles. The molecule has 0 saturated carbocycles. The van der Waals surface area contributed by atoms with E-state index in [0.29, 0.717) is 0 Å². The predicted molar refractivity (Wildman–Crippen MR) is 84.5 cm³/mol. The molecule has 1 amide bonds. The Kier molecular flexibility index (Phi) is 4.09. The molecular formula is C13H13BrN4O4. The minimum absolute atomic E-state index is 0.0157. The van der Waals surface area contributed by atoms with Crippen molar-refractivity contribution in [2.45, 2.75) is 0 Å². The molecule has 1 aromatic carbocycles. The van der Waals surface area contributed by atoms with Crippen LogP contribution in [0.4, 0.5) is 11.4 Å². The molecule has 0 spiro atoms. The summed E-state index contributed by atoms with van der Waals surface area (Å²) in [4.78, 5) is 35.4. The fourth-order valence-corrected chi connectivity index (χ4v) is 2.39. The summed E-state index contributed by atoms with van der Waals surface area (Å²) in [6.07, 6.45) is 0. The van der Waals surface area contributed by atoms with E-state index in [-0.39, 0.29) is 21.4 Å². The number of primary amides is 1. The van der Waals surface area contributed by atoms with Crippen LogP contribution in [0.1, 0.15) is 10.4 Å². The van der Waals surface area contributed by atoms with Crippen LogP contribution in [0.25, 0.3) is 0 Å². The number of anilines is 2. The number of hydrogen-bond donors (Lipinski definition) is 3. The van der Waals surface area contributed by atoms with Crippen molar-refractivity contribution in [2.75, 3.05) is 5.32 Å². The second-order valence-electron chi connectivity index (χ2n) is 4.54. The highest BCUT2D eigenvalue weighted by atomic mass is 79.9. The highest BCUT2D eigenvalue weighted by Gasteiger charge is 2.17. The first-order chi connectivity index (χ1) is 10.3. The highest BCUT2D eigenvalue weighted by molar-refractivity contribution is 9.10. The lowest BCUT2D eigenvalue weighted by Gasteiger charge is -2.14. The number of phenols is 1. The summed E-state index contributed by atoms with van der Waals surface area (Å²) in [7, 11) is 2.88. The third-order valence-corrected chi connectivity index (χ3v) is 3.96. The van der Waals surface area contributed by atoms with Gasteiger partial charge in [-0.2, -0.15) is 0 Å². The van der Waals surface area contributed by atoms with Crippen molar-refractivity contribution in [3.05, 3.63) is 48.9 Å². The molecule has 1 aromatic heterocycles. The van der Waals surface area contributed by atoms with Crippen LogP contribution in [0, 0.1) is 0 Å². The second-order valence-corrected chi connectivity index (χ2v) is 5.33. The minimum Gasteiger partial charge on any atom is -0.505 e. The Balaban J connectivity index is 2.63. The third kappa shape index (κ3) is 2.50. The van der Waals surface area contributed by atoms with E-state index in [4.69, 9.17) is 5.73 Å². The van der Waals surface area contributed by atoms with Crippen LogP contribution in [0.15, 0.2) is 32.3 Å². The molecule has 0 aliphatic rings. The molecule has 4 N–H and O–H groups in total. The lowest BCUT2D eigenvalue weighted by atomic mass is 10.1. The first-order valence-corrected chi connectivity index (χ1v) is 6.89. The molecule has 0 radical (unpaired) electrons. The molecule has 0 aliphatic carbocycles. The van der Waals surface area contributed by atoms with Crippen LogP contribution in [0.3, 0.4) is 0 Å². The number of nitrogens with one attached hydrogen (secondary N) is 1. The SMILES string of the molecule is Cn1c(=O)c(Br)c(Nc2cccc(C(N)=O)c2O)c(=O)n1C. The molecular weight excluding hydrogens is 356 g/mol. The van der Waals surface area contributed by atoms with E-state index in [9.17, 15) is 19.5 Å². The fourth-order valence-electron chi connectivity index (χ4n) is 1.86. The summed E-state index contributed by atoms with van der Waals surface area (Å²) in [5.74, 6) is -1.21. The average Bonchev–Trinajstić information content (AvgIpc) is 2.48. The minimum atomic E-state index is -0.808. The number of benzene rings is 1. The molecule has 0 bridgehead atoms. The van der Waals surface area contributed by atoms with E-state index >= 15 is 0 Å². The molecule has 2 aromatic rings. The van der Waals surface area contributed by atoms with E-state index in [1.165, 1.54) is 32.3 Å². The summed E-state index contributed by atoms with van der Waals surface area (Å²) < 4.78 is 2.27. The Morgan fingerprint density at radius 2 is 1.82 bits per heavy atom. The molecule has 8 nitrogen and oxygen atoms in total. The normalized spacial score (nSPS) is 10.5. The molecule has 0 unspecified atom stereocenters. The number of hydrogen-bond acceptors (Lipinski definition) is 5. The number of carbonyl (C=O) groups is 1. The van der Waals surface area contributed by atoms with Crippen LogP contribution >= 0.6 is 15.9 Å². The summed E-state index contributed by atoms with van der Waals surface area (Å²) >= 11 is 3.06. The Labute approximate surface area is 132 Å². The van der Waals surface area contributed by atoms with Gasteiger partial charge in [0.25, 0.3) is 17.0 Å². The summed E-state index contributed by atoms with van der Waals surface area (Å²) in [5.41, 5.74) is 4.16. The van der Waals surface area contributed by atoms with Gasteiger partial charge in [0.05, 0.1) is 11.3 Å². The van der Waals surface area contributed by atoms with E-state index < -0.39 is 22.8 Å². The van der Waals surface area contributed by atoms with E-state index in [1.807, 2.05) is 0 Å². The molecule has 1 heterocycles. The number of aromatic hydroxyl groups is 1. The Morgan fingerprint density at radius 3 is 2.41 bits per heavy atom. The van der Waals surface area contributed by atoms with Gasteiger partial charge in [0.15, 0.2) is 5.75 Å². The topological polar surface area (TPSA) is 119 Å². The number of aromatic nitrogens is 2. The molecule has 116 valence electrons. The highest BCUT2D eigenvalue weighted by Crippen LogP contribution is 2.30. The first kappa shape index (κ1) is 15.8. The maximum atomic E-state index is 12.2. The molecule has 9 heteroatoms. The number of carbonyl (C=O) groups excluding carboxylic acids is 1. The van der Waals surface area contributed by atoms with Crippen LogP contribution in [-0.4, -0.2) is 20.4 Å². The lowest BCUT2D eigenvalue weighted by Crippen LogP contribution is -2.36. The first-order valence-electron chi connectivity index (χ1n) is 6.10. The monoisotopic (exact) mass is 368 g/mol. The fraction of sp³-hybridized carbons (Fsp3) is 0.154. The molecule has 0 saturated heterocycles. The summed E-state index contributed by atoms with van der Waals surface area (Å²) in [5, 5.41) is 12.7. The smallest absolute Gasteiger partial charge is 0.289 e. The van der Waals surface area contributed by atoms with E-state index in [0.717, 1.165) is 9.36 Å². The van der Waals surface area contributed by atoms with Gasteiger partial charge in [-0.1, -0.05) is 6.07 Å². The van der Waals surface area contributed by atoms with Gasteiger partial charge in [-0.25, -0.2) is 9.36 Å². The number of halogens is 1. The maximum absolute atomic E-state index is 12.2. The zero-order chi connectivity index (χ0) is 16.6. The van der Waals surface area contributed by atoms with Gasteiger partial charge in [0, 0.05) is 14.1 Å². The van der Waals surface area contributed by atoms with Gasteiger partial charge in [0.2, 0.25) is 0 Å². The quantitative estimate of drug-likeness (QED) is 0.677. The van der Waals surface area contributed by atoms with Crippen LogP contribution < -0.4 is 22.2 Å². The van der Waals surface area contributed by atoms with Gasteiger partial charge in [-0.15, -0.1) is 0 Å². The van der Waals surface area contributed by atoms with Gasteiger partial charge in [-0.3, -0.25) is 14.4 Å². The zero-order valence-corrected chi connectivity index (χ0v) is 13.3. The largest absolute Gasteiger partial charge is 0.505 e. The van der Waals surface area contributed by atoms with Gasteiger partial charge in [-0.05, 0) is 28.1 Å². The Morgan fingerprint density at radius 1 is 1.23 bits per heavy atom. The summed E-state index contributed by atoms with van der Waals surface area (Å²) in [6, 6.07) is 4.28. The standard InChI is InChI=1S/C13H13BrN4O4/c1-17-12(21)8(14)9(13(22)18(17)2)16-7-5-3-4-6(10(7)19)11(15)20/h3-5,16,19H,1-2H3,(H2,15,20). The van der Waals surface area contributed by atoms with Crippen LogP contribution in [0.2, 0.25) is 0 Å². The van der Waals surface area contributed by atoms with Crippen molar-refractivity contribution in [1.82, 2.24) is 9.36 Å². The lowest BCUT2D eigenvalue weighted by molar-refractivity contribution is 0.0998. The number of nitrogens with zero attached hydrogens (tertiary/aromatic N) is 2. The van der Waals surface area contributed by atoms with Crippen molar-refractivity contribution in [3.8, 4) is 5.75 Å². The Hall–Kier alpha value is -2.55. The zero-order valence-electron chi connectivity index (χ0n) is 11.8. The molecule has 2 rings (SSSR count). The van der Waals surface area contributed by atoms with Gasteiger partial charge in [0.1, 0.15) is 10.2 Å². The second kappa shape index (κ2) is 5.68. The van der Waals surface area contributed by atoms with Crippen molar-refractivity contribution in [3.63, 3.8) is 0 Å². The third-order valence-electron chi connectivity index (χ3n) is 3.22. The van der Waals surface area contributed by atoms with Gasteiger partial charge < -0.3 is 16.2 Å². The van der Waals surface area contributed by atoms with Crippen molar-refractivity contribution in [1.29, 1.82) is 0 Å². The predicted octanol–water partition coefficient (Wildman–Crippen LogP) is 0.395. The van der Waals surface area contributed by atoms with Crippen molar-refractivity contribution < 1.29 is 9.90 Å². The maximum Gasteiger partial charge on any atom is 0.289 e. The van der Waals surface area contributed by atoms with Gasteiger partial charge >= 0.3 is 0 Å². The van der Waals surface area contributed by atoms with Crippen molar-refractivity contribution in [2.24, 2.45) is 19.8 Å². The average molecular weight is 369 g/mol. The van der Waals surface area contributed by atoms with E-state index in [2.05, 4.69) is 21.2 Å². The molecule has 0 fully saturated rings. The summed E-state index contributed by atoms with van der Waals surface area (Å²) in [6.45, 7) is 0. The number of para-hydroxylation sites is 1.